The van der Waals surface area contributed by atoms with Crippen LogP contribution in [0, 0.1) is 30.6 Å². The molecule has 1 N–H and O–H groups in total. The molecule has 0 aromatic carbocycles. The molecule has 0 bridgehead atoms. The maximum absolute atomic E-state index is 5.35. The van der Waals surface area contributed by atoms with E-state index in [9.17, 15) is 0 Å². The predicted octanol–water partition coefficient (Wildman–Crippen LogP) is 38.1. The number of nitrogens with one attached hydrogen (secondary N) is 1. The molecule has 2 aliphatic rings. The molecule has 2 aliphatic heterocycles. The van der Waals surface area contributed by atoms with Gasteiger partial charge in [0.25, 0.3) is 0 Å². The fourth-order valence-electron chi connectivity index (χ4n) is 20.7. The van der Waals surface area contributed by atoms with Gasteiger partial charge in [-0.05, 0) is 137 Å². The first kappa shape index (κ1) is 108. The summed E-state index contributed by atoms with van der Waals surface area (Å²) in [5, 5.41) is 13.2. The van der Waals surface area contributed by atoms with Crippen LogP contribution in [0.15, 0.2) is 83.7 Å². The largest absolute Gasteiger partial charge is 0.377 e. The Kier molecular flexibility index (Phi) is 40.1. The number of hydrogen-bond acceptors (Lipinski definition) is 24. The monoisotopic (exact) mass is 2300 g/mol. The van der Waals surface area contributed by atoms with Crippen molar-refractivity contribution in [1.29, 1.82) is 0 Å². The number of fused-ring (bicyclic) bond motifs is 12. The first-order valence-corrected chi connectivity index (χ1v) is 78.7. The summed E-state index contributed by atoms with van der Waals surface area (Å²) in [6.45, 7) is 40.8. The zero-order valence-electron chi connectivity index (χ0n) is 85.7. The van der Waals surface area contributed by atoms with Crippen LogP contribution in [-0.4, -0.2) is 95.4 Å². The van der Waals surface area contributed by atoms with Crippen molar-refractivity contribution in [2.24, 2.45) is 23.7 Å². The SMILES string of the molecule is CCCC.CCCCC(CC)C[Si]1(CC(CC)CCCC)c2cc(-c3cnc(-c4cc5sc(C(CCCC)CCCC)cc5s4)c4nsnc34)sc2-c2sc(-c3cnc(-c4cc5sc(N(CCCC)CCCC)cc5s4)c4nsnc34)cc21.CCCCC(CC)C[Si]1(CC(CC)CCCC)c2cc(C)sc2-c2s[c]([Sn]([CH3])([CH3])[CH3])cc21.CCCCNc1cc2sc(-c3ncc(Br)c4nsnc34)cc2s1. The summed E-state index contributed by atoms with van der Waals surface area (Å²) in [7, 11) is -4.08. The van der Waals surface area contributed by atoms with E-state index in [0.717, 1.165) is 102 Å². The zero-order chi connectivity index (χ0) is 97.4. The number of rotatable bonds is 49. The van der Waals surface area contributed by atoms with E-state index in [-0.39, 0.29) is 0 Å². The minimum Gasteiger partial charge on any atom is -0.377 e. The second-order valence-corrected chi connectivity index (χ2v) is 77.2. The molecular formula is C110H150BrN11S13Si2Sn. The Morgan fingerprint density at radius 2 is 0.725 bits per heavy atom. The summed E-state index contributed by atoms with van der Waals surface area (Å²) in [6, 6.07) is 30.5. The van der Waals surface area contributed by atoms with E-state index in [1.807, 2.05) is 87.5 Å². The first-order chi connectivity index (χ1) is 67.1. The minimum absolute atomic E-state index is 0.667. The van der Waals surface area contributed by atoms with Gasteiger partial charge in [0, 0.05) is 102 Å². The molecule has 28 heteroatoms. The van der Waals surface area contributed by atoms with E-state index < -0.39 is 34.5 Å². The molecule has 4 unspecified atom stereocenters. The molecule has 138 heavy (non-hydrogen) atoms. The number of aryl methyl sites for hydroxylation is 1. The molecule has 0 amide bonds. The van der Waals surface area contributed by atoms with Gasteiger partial charge in [0.15, 0.2) is 0 Å². The van der Waals surface area contributed by atoms with E-state index in [1.54, 1.807) is 52.6 Å². The number of aromatic nitrogens is 9. The quantitative estimate of drug-likeness (QED) is 0.0289. The van der Waals surface area contributed by atoms with Gasteiger partial charge in [-0.3, -0.25) is 15.0 Å². The van der Waals surface area contributed by atoms with Crippen LogP contribution in [0.2, 0.25) is 39.0 Å². The van der Waals surface area contributed by atoms with Crippen LogP contribution in [0.1, 0.15) is 312 Å². The van der Waals surface area contributed by atoms with Crippen LogP contribution >= 0.6 is 164 Å². The molecule has 0 radical (unpaired) electrons. The molecule has 0 saturated carbocycles. The van der Waals surface area contributed by atoms with Crippen LogP contribution < -0.4 is 33.9 Å². The van der Waals surface area contributed by atoms with Gasteiger partial charge in [-0.1, -0.05) is 185 Å². The van der Waals surface area contributed by atoms with E-state index in [0.29, 0.717) is 17.8 Å². The van der Waals surface area contributed by atoms with E-state index in [2.05, 4.69) is 261 Å². The van der Waals surface area contributed by atoms with Gasteiger partial charge >= 0.3 is 214 Å². The topological polar surface area (TPSA) is 131 Å². The zero-order valence-corrected chi connectivity index (χ0v) is 103. The van der Waals surface area contributed by atoms with Crippen molar-refractivity contribution in [3.8, 4) is 72.1 Å². The molecule has 0 spiro atoms. The molecule has 16 aromatic rings. The standard InChI is InChI=1S/C63H79N7S8Si.C25H39S2Si.C15H13BrN4S3.C4H10.3CH3.Sn/c1-9-17-23-39(15-7)37-79(38-40(16-8)24-18-10-2)53-32-45(42-35-64-58(60-56(42)66-77-68-60)51-30-48-47(72-51)29-44(71-48)41(25-19-11-3)26-20-12-4)75-62(53)63-54(79)33-46(76-63)43-36-65-59(61-57(43)67-78-69-61)52-31-49-50(73-52)34-55(74-49)70(27-21-13-5)28-22-14-6;1-6-10-12-20(8-3)17-28(18-21(9-4)13-11-7-2)22-14-15-26-24(22)25-23(28)16-19(5)27-25;1-2-3-4-17-12-6-10-9(22-12)5-11(21-10)14-15-13(19-23-20-15)8(16)7-18-14;1-3-4-2;;;;/h29-36,39-41H,9-28,37-38H2,1-8H3;14,16,20-21H,6-13,17-18H2,1-5H3;5-7,17H,2-4H2,1H3;3-4H2,1-2H3;3*1H3;. The van der Waals surface area contributed by atoms with Crippen molar-refractivity contribution in [1.82, 2.24) is 41.2 Å². The predicted molar refractivity (Wildman–Crippen MR) is 641 cm³/mol. The number of nitrogens with zero attached hydrogens (tertiary/aromatic N) is 10. The van der Waals surface area contributed by atoms with E-state index in [1.165, 1.54) is 319 Å². The average molecular weight is 2300 g/mol. The van der Waals surface area contributed by atoms with Crippen LogP contribution in [-0.2, 0) is 0 Å². The number of thiophene rings is 10. The van der Waals surface area contributed by atoms with Gasteiger partial charge in [0.05, 0.1) is 64.3 Å². The number of pyridine rings is 3. The third kappa shape index (κ3) is 24.4. The Morgan fingerprint density at radius 1 is 0.348 bits per heavy atom. The van der Waals surface area contributed by atoms with Crippen LogP contribution in [0.4, 0.5) is 10.0 Å². The molecule has 4 atom stereocenters. The van der Waals surface area contributed by atoms with Crippen LogP contribution in [0.5, 0.6) is 0 Å². The number of halogens is 1. The summed E-state index contributed by atoms with van der Waals surface area (Å²) in [4.78, 5) is 41.4. The van der Waals surface area contributed by atoms with Crippen LogP contribution in [0.3, 0.4) is 0 Å². The third-order valence-electron chi connectivity index (χ3n) is 29.1. The summed E-state index contributed by atoms with van der Waals surface area (Å²) in [5.74, 6) is 3.86. The molecule has 18 rings (SSSR count). The van der Waals surface area contributed by atoms with Crippen molar-refractivity contribution in [3.05, 3.63) is 93.5 Å². The van der Waals surface area contributed by atoms with Gasteiger partial charge in [0.1, 0.15) is 58.3 Å². The Hall–Kier alpha value is -4.00. The van der Waals surface area contributed by atoms with Crippen molar-refractivity contribution >= 4 is 294 Å². The fraction of sp³-hybridized carbons (Fsp3) is 0.555. The second kappa shape index (κ2) is 51.1. The molecule has 18 heterocycles. The molecule has 0 saturated heterocycles. The number of anilines is 2. The van der Waals surface area contributed by atoms with Crippen molar-refractivity contribution in [2.75, 3.05) is 29.9 Å². The normalized spacial score (nSPS) is 15.5. The summed E-state index contributed by atoms with van der Waals surface area (Å²) >= 11 is 24.9. The third-order valence-corrected chi connectivity index (χ3v) is 64.1. The maximum Gasteiger partial charge on any atom is 0.133 e. The molecule has 11 nitrogen and oxygen atoms in total. The van der Waals surface area contributed by atoms with Crippen molar-refractivity contribution in [2.45, 2.75) is 348 Å². The first-order valence-electron chi connectivity index (χ1n) is 52.8. The molecule has 0 aliphatic carbocycles. The summed E-state index contributed by atoms with van der Waals surface area (Å²) in [5.41, 5.74) is 10.7. The minimum atomic E-state index is -2.36. The smallest absolute Gasteiger partial charge is 0.133 e. The van der Waals surface area contributed by atoms with Gasteiger partial charge in [0.2, 0.25) is 0 Å². The molecule has 742 valence electrons. The van der Waals surface area contributed by atoms with Gasteiger partial charge in [-0.2, -0.15) is 26.2 Å². The van der Waals surface area contributed by atoms with E-state index >= 15 is 0 Å². The Bertz CT molecular complexity index is 6200. The fourth-order valence-corrected chi connectivity index (χ4v) is 56.6. The van der Waals surface area contributed by atoms with Gasteiger partial charge in [-0.25, -0.2) is 0 Å². The molecular weight excluding hydrogens is 2150 g/mol. The Morgan fingerprint density at radius 3 is 1.15 bits per heavy atom. The van der Waals surface area contributed by atoms with Crippen molar-refractivity contribution in [3.63, 3.8) is 0 Å². The summed E-state index contributed by atoms with van der Waals surface area (Å²) < 4.78 is 39.8. The Labute approximate surface area is 892 Å². The summed E-state index contributed by atoms with van der Waals surface area (Å²) in [6.07, 6.45) is 45.0. The second-order valence-electron chi connectivity index (χ2n) is 40.3. The van der Waals surface area contributed by atoms with Crippen LogP contribution in [0.25, 0.3) is 133 Å². The van der Waals surface area contributed by atoms with Crippen molar-refractivity contribution < 1.29 is 0 Å². The van der Waals surface area contributed by atoms with Gasteiger partial charge < -0.3 is 10.2 Å². The average Bonchev–Trinajstić information content (AvgIpc) is 1.55. The van der Waals surface area contributed by atoms with Gasteiger partial charge in [-0.15, -0.1) is 90.7 Å². The Balaban J connectivity index is 0.000000197. The molecule has 16 aromatic heterocycles. The molecule has 0 fully saturated rings. The van der Waals surface area contributed by atoms with E-state index in [4.69, 9.17) is 27.5 Å². The number of unbranched alkanes of at least 4 members (excludes halogenated alkanes) is 10. The maximum atomic E-state index is 5.35. The number of hydrogen-bond donors (Lipinski definition) is 1.